The van der Waals surface area contributed by atoms with Crippen LogP contribution in [0.1, 0.15) is 78.6 Å². The first-order valence-corrected chi connectivity index (χ1v) is 15.1. The molecule has 4 rings (SSSR count). The summed E-state index contributed by atoms with van der Waals surface area (Å²) in [7, 11) is -4.08. The molecule has 0 bridgehead atoms. The van der Waals surface area contributed by atoms with Gasteiger partial charge in [-0.15, -0.1) is 0 Å². The first-order valence-electron chi connectivity index (χ1n) is 13.5. The Bertz CT molecular complexity index is 896. The number of amides is 1. The number of fused-ring (bicyclic) bond motifs is 5. The fourth-order valence-corrected chi connectivity index (χ4v) is 9.54. The number of aliphatic hydroxyl groups excluding tert-OH is 3. The van der Waals surface area contributed by atoms with Crippen molar-refractivity contribution in [3.05, 3.63) is 0 Å². The predicted molar refractivity (Wildman–Crippen MR) is 132 cm³/mol. The van der Waals surface area contributed by atoms with E-state index in [0.29, 0.717) is 42.9 Å². The molecular weight excluding hydrogens is 470 g/mol. The van der Waals surface area contributed by atoms with Gasteiger partial charge >= 0.3 is 0 Å². The zero-order valence-electron chi connectivity index (χ0n) is 21.4. The van der Waals surface area contributed by atoms with E-state index in [1.54, 1.807) is 0 Å². The summed E-state index contributed by atoms with van der Waals surface area (Å²) in [5.74, 6) is 0.781. The van der Waals surface area contributed by atoms with Gasteiger partial charge in [-0.25, -0.2) is 0 Å². The summed E-state index contributed by atoms with van der Waals surface area (Å²) in [5.41, 5.74) is 0.00776. The minimum Gasteiger partial charge on any atom is -0.393 e. The second-order valence-electron chi connectivity index (χ2n) is 12.7. The predicted octanol–water partition coefficient (Wildman–Crippen LogP) is 2.37. The van der Waals surface area contributed by atoms with Crippen molar-refractivity contribution in [2.75, 3.05) is 12.3 Å². The van der Waals surface area contributed by atoms with E-state index >= 15 is 0 Å². The van der Waals surface area contributed by atoms with Crippen LogP contribution in [-0.4, -0.2) is 64.8 Å². The van der Waals surface area contributed by atoms with Crippen LogP contribution in [0, 0.1) is 46.3 Å². The lowest BCUT2D eigenvalue weighted by Crippen LogP contribution is -2.64. The van der Waals surface area contributed by atoms with Crippen LogP contribution in [0.5, 0.6) is 0 Å². The standard InChI is InChI=1S/C26H45NO7S/c1-15(4-7-21(29)27-12-13-35(32,33)34)17-5-6-18-22-19(9-11-25(17,18)2)26(3)10-8-16(28)14-20(26)23(30)24(22)31/h15-20,22-24,28,30-31H,4-14H2,1-3H3,(H,27,29)(H,32,33,34)/t15-,16-,17?,18?,19?,20+,22?,23+,24-,25-,26-/m1/s1. The molecule has 0 heterocycles. The van der Waals surface area contributed by atoms with Crippen molar-refractivity contribution in [3.63, 3.8) is 0 Å². The second kappa shape index (κ2) is 9.86. The van der Waals surface area contributed by atoms with Crippen molar-refractivity contribution >= 4 is 16.0 Å². The fourth-order valence-electron chi connectivity index (χ4n) is 9.18. The molecule has 0 aromatic rings. The normalized spacial score (nSPS) is 46.3. The molecule has 0 aliphatic heterocycles. The summed E-state index contributed by atoms with van der Waals surface area (Å²) in [6.45, 7) is 6.75. The molecular formula is C26H45NO7S. The number of aliphatic hydroxyl groups is 3. The van der Waals surface area contributed by atoms with Crippen LogP contribution in [0.3, 0.4) is 0 Å². The summed E-state index contributed by atoms with van der Waals surface area (Å²) >= 11 is 0. The zero-order chi connectivity index (χ0) is 25.8. The van der Waals surface area contributed by atoms with E-state index in [4.69, 9.17) is 4.55 Å². The number of carbonyl (C=O) groups excluding carboxylic acids is 1. The summed E-state index contributed by atoms with van der Waals surface area (Å²) in [5, 5.41) is 35.4. The molecule has 4 saturated carbocycles. The molecule has 0 aromatic carbocycles. The van der Waals surface area contributed by atoms with Gasteiger partial charge in [0.1, 0.15) is 0 Å². The van der Waals surface area contributed by atoms with Gasteiger partial charge in [-0.05, 0) is 97.7 Å². The number of hydrogen-bond acceptors (Lipinski definition) is 6. The average molecular weight is 516 g/mol. The Kier molecular flexibility index (Phi) is 7.69. The lowest BCUT2D eigenvalue weighted by Gasteiger charge is -2.63. The Hall–Kier alpha value is -0.740. The highest BCUT2D eigenvalue weighted by Gasteiger charge is 2.65. The third-order valence-corrected chi connectivity index (χ3v) is 11.7. The van der Waals surface area contributed by atoms with Crippen molar-refractivity contribution in [2.45, 2.75) is 96.9 Å². The van der Waals surface area contributed by atoms with Crippen molar-refractivity contribution in [1.29, 1.82) is 0 Å². The number of hydrogen-bond donors (Lipinski definition) is 5. The third-order valence-electron chi connectivity index (χ3n) is 11.0. The molecule has 5 N–H and O–H groups in total. The summed E-state index contributed by atoms with van der Waals surface area (Å²) < 4.78 is 30.5. The van der Waals surface area contributed by atoms with E-state index in [1.807, 2.05) is 0 Å². The van der Waals surface area contributed by atoms with E-state index in [-0.39, 0.29) is 41.2 Å². The molecule has 8 nitrogen and oxygen atoms in total. The molecule has 202 valence electrons. The van der Waals surface area contributed by atoms with Gasteiger partial charge in [0, 0.05) is 13.0 Å². The number of nitrogens with one attached hydrogen (secondary N) is 1. The topological polar surface area (TPSA) is 144 Å². The molecule has 4 unspecified atom stereocenters. The van der Waals surface area contributed by atoms with Gasteiger partial charge in [0.05, 0.1) is 24.1 Å². The van der Waals surface area contributed by atoms with E-state index in [1.165, 1.54) is 0 Å². The van der Waals surface area contributed by atoms with Crippen molar-refractivity contribution < 1.29 is 33.1 Å². The van der Waals surface area contributed by atoms with Gasteiger partial charge < -0.3 is 20.6 Å². The minimum atomic E-state index is -4.08. The van der Waals surface area contributed by atoms with Gasteiger partial charge in [-0.3, -0.25) is 9.35 Å². The van der Waals surface area contributed by atoms with E-state index in [2.05, 4.69) is 26.1 Å². The minimum absolute atomic E-state index is 0.0479. The highest BCUT2D eigenvalue weighted by molar-refractivity contribution is 7.85. The van der Waals surface area contributed by atoms with Crippen LogP contribution < -0.4 is 5.32 Å². The van der Waals surface area contributed by atoms with Gasteiger partial charge in [-0.2, -0.15) is 8.42 Å². The lowest BCUT2D eigenvalue weighted by molar-refractivity contribution is -0.223. The first kappa shape index (κ1) is 27.3. The molecule has 4 aliphatic rings. The maximum Gasteiger partial charge on any atom is 0.266 e. The van der Waals surface area contributed by atoms with E-state index in [0.717, 1.165) is 38.5 Å². The first-order chi connectivity index (χ1) is 16.3. The number of carbonyl (C=O) groups is 1. The Morgan fingerprint density at radius 3 is 2.31 bits per heavy atom. The van der Waals surface area contributed by atoms with Crippen LogP contribution in [0.15, 0.2) is 0 Å². The van der Waals surface area contributed by atoms with Crippen LogP contribution >= 0.6 is 0 Å². The Labute approximate surface area is 210 Å². The molecule has 9 heteroatoms. The zero-order valence-corrected chi connectivity index (χ0v) is 22.2. The van der Waals surface area contributed by atoms with Gasteiger partial charge in [0.2, 0.25) is 5.91 Å². The van der Waals surface area contributed by atoms with Gasteiger partial charge in [0.15, 0.2) is 0 Å². The highest BCUT2D eigenvalue weighted by Crippen LogP contribution is 2.68. The molecule has 4 aliphatic carbocycles. The fraction of sp³-hybridized carbons (Fsp3) is 0.962. The Morgan fingerprint density at radius 2 is 1.63 bits per heavy atom. The molecule has 0 radical (unpaired) electrons. The maximum atomic E-state index is 12.2. The van der Waals surface area contributed by atoms with Crippen LogP contribution in [-0.2, 0) is 14.9 Å². The molecule has 0 saturated heterocycles. The summed E-state index contributed by atoms with van der Waals surface area (Å²) in [6, 6.07) is 0. The van der Waals surface area contributed by atoms with Crippen molar-refractivity contribution in [3.8, 4) is 0 Å². The highest BCUT2D eigenvalue weighted by atomic mass is 32.2. The molecule has 0 spiro atoms. The second-order valence-corrected chi connectivity index (χ2v) is 14.3. The molecule has 1 amide bonds. The SMILES string of the molecule is C[C@H](CCC(=O)NCCS(=O)(=O)O)C1CCC2C3C(CC[C@@]21C)[C@@]1(C)CC[C@@H](O)C[C@H]1[C@H](O)[C@@H]3O. The monoisotopic (exact) mass is 515 g/mol. The number of rotatable bonds is 7. The maximum absolute atomic E-state index is 12.2. The average Bonchev–Trinajstić information content (AvgIpc) is 3.13. The van der Waals surface area contributed by atoms with Gasteiger partial charge in [0.25, 0.3) is 10.1 Å². The van der Waals surface area contributed by atoms with E-state index < -0.39 is 28.1 Å². The quantitative estimate of drug-likeness (QED) is 0.327. The molecule has 35 heavy (non-hydrogen) atoms. The van der Waals surface area contributed by atoms with Crippen LogP contribution in [0.4, 0.5) is 0 Å². The van der Waals surface area contributed by atoms with Crippen molar-refractivity contribution in [1.82, 2.24) is 5.32 Å². The van der Waals surface area contributed by atoms with Crippen LogP contribution in [0.2, 0.25) is 0 Å². The van der Waals surface area contributed by atoms with E-state index in [9.17, 15) is 28.5 Å². The third kappa shape index (κ3) is 5.05. The summed E-state index contributed by atoms with van der Waals surface area (Å²) in [4.78, 5) is 12.2. The Balaban J connectivity index is 1.42. The van der Waals surface area contributed by atoms with Gasteiger partial charge in [-0.1, -0.05) is 20.8 Å². The van der Waals surface area contributed by atoms with Crippen LogP contribution in [0.25, 0.3) is 0 Å². The smallest absolute Gasteiger partial charge is 0.266 e. The lowest BCUT2D eigenvalue weighted by atomic mass is 9.43. The molecule has 0 aromatic heterocycles. The largest absolute Gasteiger partial charge is 0.393 e. The van der Waals surface area contributed by atoms with Crippen molar-refractivity contribution in [2.24, 2.45) is 46.3 Å². The summed E-state index contributed by atoms with van der Waals surface area (Å²) in [6.07, 6.45) is 5.54. The molecule has 11 atom stereocenters. The molecule has 4 fully saturated rings. The Morgan fingerprint density at radius 1 is 0.971 bits per heavy atom.